The molecule has 0 radical (unpaired) electrons. The number of aromatic amines is 1. The van der Waals surface area contributed by atoms with Gasteiger partial charge in [0.05, 0.1) is 6.54 Å². The highest BCUT2D eigenvalue weighted by atomic mass is 19.1. The molecule has 148 valence electrons. The minimum atomic E-state index is -0.716. The molecule has 8 heteroatoms. The van der Waals surface area contributed by atoms with Crippen molar-refractivity contribution in [1.82, 2.24) is 14.5 Å². The van der Waals surface area contributed by atoms with E-state index in [1.165, 1.54) is 16.7 Å². The molecule has 1 atom stereocenters. The van der Waals surface area contributed by atoms with Gasteiger partial charge in [0, 0.05) is 12.6 Å². The second kappa shape index (κ2) is 7.35. The summed E-state index contributed by atoms with van der Waals surface area (Å²) < 4.78 is 14.4. The summed E-state index contributed by atoms with van der Waals surface area (Å²) in [6, 6.07) is 6.45. The van der Waals surface area contributed by atoms with Gasteiger partial charge in [-0.1, -0.05) is 12.1 Å². The Morgan fingerprint density at radius 1 is 1.18 bits per heavy atom. The molecule has 1 saturated carbocycles. The van der Waals surface area contributed by atoms with E-state index in [-0.39, 0.29) is 35.6 Å². The van der Waals surface area contributed by atoms with Crippen molar-refractivity contribution in [3.8, 4) is 0 Å². The Labute approximate surface area is 161 Å². The van der Waals surface area contributed by atoms with Crippen molar-refractivity contribution in [2.45, 2.75) is 31.7 Å². The summed E-state index contributed by atoms with van der Waals surface area (Å²) in [5.41, 5.74) is 5.70. The van der Waals surface area contributed by atoms with Gasteiger partial charge in [-0.3, -0.25) is 24.0 Å². The first-order chi connectivity index (χ1) is 13.4. The van der Waals surface area contributed by atoms with Crippen LogP contribution in [0, 0.1) is 11.7 Å². The molecule has 1 saturated heterocycles. The lowest BCUT2D eigenvalue weighted by molar-refractivity contribution is 0.0942. The molecule has 2 heterocycles. The minimum Gasteiger partial charge on any atom is -0.384 e. The van der Waals surface area contributed by atoms with Gasteiger partial charge in [-0.2, -0.15) is 0 Å². The van der Waals surface area contributed by atoms with E-state index in [0.29, 0.717) is 5.92 Å². The van der Waals surface area contributed by atoms with E-state index < -0.39 is 11.2 Å². The summed E-state index contributed by atoms with van der Waals surface area (Å²) in [6.07, 6.45) is 3.39. The molecule has 1 aromatic heterocycles. The maximum absolute atomic E-state index is 13.0. The van der Waals surface area contributed by atoms with Gasteiger partial charge in [0.15, 0.2) is 5.78 Å². The average Bonchev–Trinajstić information content (AvgIpc) is 3.36. The molecule has 1 aromatic carbocycles. The van der Waals surface area contributed by atoms with E-state index in [1.54, 1.807) is 12.1 Å². The number of hydrogen-bond acceptors (Lipinski definition) is 5. The Balaban J connectivity index is 1.43. The van der Waals surface area contributed by atoms with Gasteiger partial charge in [0.25, 0.3) is 5.56 Å². The topological polar surface area (TPSA) is 101 Å². The summed E-state index contributed by atoms with van der Waals surface area (Å²) in [6.45, 7) is 1.57. The van der Waals surface area contributed by atoms with E-state index in [1.807, 2.05) is 4.90 Å². The van der Waals surface area contributed by atoms with Gasteiger partial charge in [-0.15, -0.1) is 0 Å². The van der Waals surface area contributed by atoms with E-state index in [0.717, 1.165) is 44.3 Å². The van der Waals surface area contributed by atoms with Crippen LogP contribution in [0.4, 0.5) is 10.2 Å². The predicted molar refractivity (Wildman–Crippen MR) is 103 cm³/mol. The normalized spacial score (nSPS) is 19.8. The van der Waals surface area contributed by atoms with Crippen LogP contribution in [-0.2, 0) is 6.42 Å². The lowest BCUT2D eigenvalue weighted by Crippen LogP contribution is -2.38. The third kappa shape index (κ3) is 3.77. The zero-order valence-corrected chi connectivity index (χ0v) is 15.5. The summed E-state index contributed by atoms with van der Waals surface area (Å²) in [4.78, 5) is 41.1. The fourth-order valence-corrected chi connectivity index (χ4v) is 3.99. The molecule has 0 amide bonds. The lowest BCUT2D eigenvalue weighted by atomic mass is 9.99. The number of nitrogens with zero attached hydrogens (tertiary/aromatic N) is 2. The van der Waals surface area contributed by atoms with Crippen LogP contribution in [0.15, 0.2) is 33.9 Å². The number of Topliss-reactive ketones (excluding diaryl/α,β-unsaturated/α-hetero) is 1. The number of H-pyrrole nitrogens is 1. The molecule has 4 rings (SSSR count). The smallest absolute Gasteiger partial charge is 0.330 e. The Hall–Kier alpha value is -2.74. The van der Waals surface area contributed by atoms with Gasteiger partial charge in [0.1, 0.15) is 17.2 Å². The number of nitrogen functional groups attached to an aromatic ring is 1. The first-order valence-electron chi connectivity index (χ1n) is 9.56. The van der Waals surface area contributed by atoms with Crippen LogP contribution in [0.3, 0.4) is 0 Å². The first kappa shape index (κ1) is 18.6. The number of likely N-dealkylation sites (tertiary alicyclic amines) is 1. The highest BCUT2D eigenvalue weighted by molar-refractivity contribution is 6.01. The minimum absolute atomic E-state index is 0.0247. The largest absolute Gasteiger partial charge is 0.384 e. The van der Waals surface area contributed by atoms with Crippen LogP contribution in [0.2, 0.25) is 0 Å². The third-order valence-electron chi connectivity index (χ3n) is 5.55. The lowest BCUT2D eigenvalue weighted by Gasteiger charge is -2.16. The molecule has 2 fully saturated rings. The quantitative estimate of drug-likeness (QED) is 0.730. The molecule has 7 nitrogen and oxygen atoms in total. The Bertz CT molecular complexity index is 1010. The molecule has 0 bridgehead atoms. The van der Waals surface area contributed by atoms with Crippen LogP contribution in [0.1, 0.15) is 41.2 Å². The Kier molecular flexibility index (Phi) is 4.89. The van der Waals surface area contributed by atoms with Crippen LogP contribution in [0.25, 0.3) is 0 Å². The number of benzene rings is 1. The number of carbonyl (C=O) groups is 1. The monoisotopic (exact) mass is 386 g/mol. The number of carbonyl (C=O) groups excluding carboxylic acids is 1. The van der Waals surface area contributed by atoms with Crippen molar-refractivity contribution in [2.24, 2.45) is 5.92 Å². The molecule has 1 unspecified atom stereocenters. The summed E-state index contributed by atoms with van der Waals surface area (Å²) in [5.74, 6) is -0.272. The van der Waals surface area contributed by atoms with Crippen molar-refractivity contribution in [1.29, 1.82) is 0 Å². The van der Waals surface area contributed by atoms with E-state index in [9.17, 15) is 18.8 Å². The van der Waals surface area contributed by atoms with Crippen molar-refractivity contribution < 1.29 is 9.18 Å². The summed E-state index contributed by atoms with van der Waals surface area (Å²) >= 11 is 0. The second-order valence-corrected chi connectivity index (χ2v) is 7.76. The molecule has 1 aliphatic heterocycles. The number of aromatic nitrogens is 2. The standard InChI is InChI=1S/C20H23FN4O3/c21-14-3-1-12(2-4-14)9-13-7-8-24(10-13)11-16(26)17-18(22)25(15-5-6-15)20(28)23-19(17)27/h1-4,13,15H,5-11,22H2,(H,23,27,28). The number of nitrogens with two attached hydrogens (primary N) is 1. The molecule has 0 spiro atoms. The SMILES string of the molecule is Nc1c(C(=O)CN2CCC(Cc3ccc(F)cc3)C2)c(=O)[nH]c(=O)n1C1CC1. The number of rotatable bonds is 6. The highest BCUT2D eigenvalue weighted by Gasteiger charge is 2.31. The number of ketones is 1. The van der Waals surface area contributed by atoms with Gasteiger partial charge >= 0.3 is 5.69 Å². The second-order valence-electron chi connectivity index (χ2n) is 7.76. The van der Waals surface area contributed by atoms with E-state index >= 15 is 0 Å². The fraction of sp³-hybridized carbons (Fsp3) is 0.450. The fourth-order valence-electron chi connectivity index (χ4n) is 3.99. The molecule has 1 aliphatic carbocycles. The van der Waals surface area contributed by atoms with Gasteiger partial charge in [-0.05, 0) is 55.8 Å². The van der Waals surface area contributed by atoms with E-state index in [2.05, 4.69) is 4.98 Å². The van der Waals surface area contributed by atoms with Crippen molar-refractivity contribution >= 4 is 11.6 Å². The van der Waals surface area contributed by atoms with Crippen LogP contribution < -0.4 is 17.0 Å². The Morgan fingerprint density at radius 3 is 2.57 bits per heavy atom. The zero-order chi connectivity index (χ0) is 19.8. The van der Waals surface area contributed by atoms with Gasteiger partial charge < -0.3 is 5.73 Å². The number of anilines is 1. The summed E-state index contributed by atoms with van der Waals surface area (Å²) in [7, 11) is 0. The Morgan fingerprint density at radius 2 is 1.89 bits per heavy atom. The van der Waals surface area contributed by atoms with Crippen molar-refractivity contribution in [3.05, 3.63) is 62.0 Å². The van der Waals surface area contributed by atoms with Crippen LogP contribution in [0.5, 0.6) is 0 Å². The molecule has 28 heavy (non-hydrogen) atoms. The molecular weight excluding hydrogens is 363 g/mol. The first-order valence-corrected chi connectivity index (χ1v) is 9.56. The number of nitrogens with one attached hydrogen (secondary N) is 1. The highest BCUT2D eigenvalue weighted by Crippen LogP contribution is 2.35. The van der Waals surface area contributed by atoms with Crippen molar-refractivity contribution in [2.75, 3.05) is 25.4 Å². The van der Waals surface area contributed by atoms with Gasteiger partial charge in [-0.25, -0.2) is 9.18 Å². The van der Waals surface area contributed by atoms with Crippen LogP contribution >= 0.6 is 0 Å². The van der Waals surface area contributed by atoms with E-state index in [4.69, 9.17) is 5.73 Å². The third-order valence-corrected chi connectivity index (χ3v) is 5.55. The van der Waals surface area contributed by atoms with Crippen molar-refractivity contribution in [3.63, 3.8) is 0 Å². The number of hydrogen-bond donors (Lipinski definition) is 2. The maximum Gasteiger partial charge on any atom is 0.330 e. The average molecular weight is 386 g/mol. The number of halogens is 1. The maximum atomic E-state index is 13.0. The molecule has 2 aliphatic rings. The van der Waals surface area contributed by atoms with Crippen LogP contribution in [-0.4, -0.2) is 39.9 Å². The molecule has 2 aromatic rings. The zero-order valence-electron chi connectivity index (χ0n) is 15.5. The molecule has 3 N–H and O–H groups in total. The summed E-state index contributed by atoms with van der Waals surface area (Å²) in [5, 5.41) is 0. The predicted octanol–water partition coefficient (Wildman–Crippen LogP) is 1.34. The van der Waals surface area contributed by atoms with Gasteiger partial charge in [0.2, 0.25) is 0 Å². The molecular formula is C20H23FN4O3.